The Balaban J connectivity index is 2.38. The average Bonchev–Trinajstić information content (AvgIpc) is 2.26. The first kappa shape index (κ1) is 14.2. The van der Waals surface area contributed by atoms with E-state index in [-0.39, 0.29) is 38.3 Å². The second kappa shape index (κ2) is 5.22. The highest BCUT2D eigenvalue weighted by Crippen LogP contribution is 2.38. The lowest BCUT2D eigenvalue weighted by Gasteiger charge is -2.39. The van der Waals surface area contributed by atoms with Gasteiger partial charge in [0.1, 0.15) is 0 Å². The molecule has 17 heavy (non-hydrogen) atoms. The van der Waals surface area contributed by atoms with Crippen LogP contribution >= 0.6 is 0 Å². The van der Waals surface area contributed by atoms with Gasteiger partial charge in [0.25, 0.3) is 0 Å². The molecule has 0 saturated carbocycles. The van der Waals surface area contributed by atoms with Gasteiger partial charge >= 0.3 is 6.18 Å². The third-order valence-corrected chi connectivity index (χ3v) is 3.14. The SMILES string of the molecule is CNC(=O)CCN1CCC(O)(C(F)(F)F)CC1. The molecule has 2 N–H and O–H groups in total. The highest BCUT2D eigenvalue weighted by atomic mass is 19.4. The molecule has 100 valence electrons. The summed E-state index contributed by atoms with van der Waals surface area (Å²) in [5.74, 6) is -0.137. The molecular weight excluding hydrogens is 237 g/mol. The first-order chi connectivity index (χ1) is 7.78. The van der Waals surface area contributed by atoms with Crippen LogP contribution in [0.25, 0.3) is 0 Å². The van der Waals surface area contributed by atoms with Crippen molar-refractivity contribution in [2.75, 3.05) is 26.7 Å². The van der Waals surface area contributed by atoms with Crippen LogP contribution in [-0.4, -0.2) is 54.4 Å². The van der Waals surface area contributed by atoms with Crippen LogP contribution in [0.5, 0.6) is 0 Å². The van der Waals surface area contributed by atoms with Crippen molar-refractivity contribution in [3.05, 3.63) is 0 Å². The number of piperidine rings is 1. The van der Waals surface area contributed by atoms with E-state index < -0.39 is 11.8 Å². The maximum atomic E-state index is 12.5. The van der Waals surface area contributed by atoms with Crippen LogP contribution in [-0.2, 0) is 4.79 Å². The molecular formula is C10H17F3N2O2. The van der Waals surface area contributed by atoms with E-state index >= 15 is 0 Å². The predicted octanol–water partition coefficient (Wildman–Crippen LogP) is 0.512. The zero-order valence-electron chi connectivity index (χ0n) is 9.68. The minimum absolute atomic E-state index is 0.137. The van der Waals surface area contributed by atoms with Gasteiger partial charge in [-0.3, -0.25) is 4.79 Å². The van der Waals surface area contributed by atoms with E-state index in [1.165, 1.54) is 7.05 Å². The number of halogens is 3. The molecule has 0 spiro atoms. The third kappa shape index (κ3) is 3.57. The predicted molar refractivity (Wildman–Crippen MR) is 55.4 cm³/mol. The average molecular weight is 254 g/mol. The Kier molecular flexibility index (Phi) is 4.37. The van der Waals surface area contributed by atoms with Gasteiger partial charge in [-0.2, -0.15) is 13.2 Å². The number of hydrogen-bond acceptors (Lipinski definition) is 3. The summed E-state index contributed by atoms with van der Waals surface area (Å²) in [4.78, 5) is 12.7. The van der Waals surface area contributed by atoms with Crippen molar-refractivity contribution in [2.45, 2.75) is 31.0 Å². The molecule has 1 fully saturated rings. The number of nitrogens with zero attached hydrogens (tertiary/aromatic N) is 1. The summed E-state index contributed by atoms with van der Waals surface area (Å²) in [6.45, 7) is 0.744. The van der Waals surface area contributed by atoms with Crippen molar-refractivity contribution >= 4 is 5.91 Å². The summed E-state index contributed by atoms with van der Waals surface area (Å²) >= 11 is 0. The molecule has 0 unspecified atom stereocenters. The van der Waals surface area contributed by atoms with Gasteiger partial charge in [0.2, 0.25) is 5.91 Å². The van der Waals surface area contributed by atoms with E-state index in [9.17, 15) is 23.1 Å². The van der Waals surface area contributed by atoms with Gasteiger partial charge in [-0.25, -0.2) is 0 Å². The molecule has 0 aliphatic carbocycles. The molecule has 1 saturated heterocycles. The Morgan fingerprint density at radius 3 is 2.35 bits per heavy atom. The van der Waals surface area contributed by atoms with Crippen LogP contribution in [0.2, 0.25) is 0 Å². The number of nitrogens with one attached hydrogen (secondary N) is 1. The van der Waals surface area contributed by atoms with Crippen molar-refractivity contribution in [1.29, 1.82) is 0 Å². The summed E-state index contributed by atoms with van der Waals surface area (Å²) in [6.07, 6.45) is -4.96. The summed E-state index contributed by atoms with van der Waals surface area (Å²) in [7, 11) is 1.51. The topological polar surface area (TPSA) is 52.6 Å². The summed E-state index contributed by atoms with van der Waals surface area (Å²) in [5.41, 5.74) is -2.56. The Labute approximate surface area is 97.8 Å². The second-order valence-corrected chi connectivity index (χ2v) is 4.29. The molecule has 0 aromatic rings. The van der Waals surface area contributed by atoms with Gasteiger partial charge in [0.05, 0.1) is 0 Å². The van der Waals surface area contributed by atoms with Crippen molar-refractivity contribution in [1.82, 2.24) is 10.2 Å². The molecule has 7 heteroatoms. The van der Waals surface area contributed by atoms with Gasteiger partial charge in [-0.1, -0.05) is 0 Å². The molecule has 1 rings (SSSR count). The number of aliphatic hydroxyl groups is 1. The van der Waals surface area contributed by atoms with Crippen LogP contribution in [0.15, 0.2) is 0 Å². The van der Waals surface area contributed by atoms with E-state index in [1.807, 2.05) is 0 Å². The number of alkyl halides is 3. The van der Waals surface area contributed by atoms with Crippen LogP contribution in [0.3, 0.4) is 0 Å². The van der Waals surface area contributed by atoms with Gasteiger partial charge in [-0.05, 0) is 12.8 Å². The minimum Gasteiger partial charge on any atom is -0.380 e. The number of amides is 1. The maximum absolute atomic E-state index is 12.5. The van der Waals surface area contributed by atoms with E-state index in [1.54, 1.807) is 4.90 Å². The quantitative estimate of drug-likeness (QED) is 0.771. The lowest BCUT2D eigenvalue weighted by Crippen LogP contribution is -2.53. The fraction of sp³-hybridized carbons (Fsp3) is 0.900. The molecule has 1 heterocycles. The largest absolute Gasteiger partial charge is 0.417 e. The van der Waals surface area contributed by atoms with Crippen LogP contribution in [0, 0.1) is 0 Å². The van der Waals surface area contributed by atoms with Crippen molar-refractivity contribution in [3.8, 4) is 0 Å². The number of likely N-dealkylation sites (tertiary alicyclic amines) is 1. The van der Waals surface area contributed by atoms with Crippen molar-refractivity contribution in [3.63, 3.8) is 0 Å². The fourth-order valence-corrected chi connectivity index (χ4v) is 1.81. The first-order valence-corrected chi connectivity index (χ1v) is 5.50. The molecule has 1 aliphatic rings. The highest BCUT2D eigenvalue weighted by Gasteiger charge is 2.54. The summed E-state index contributed by atoms with van der Waals surface area (Å²) < 4.78 is 37.5. The van der Waals surface area contributed by atoms with E-state index in [0.717, 1.165) is 0 Å². The normalized spacial score (nSPS) is 21.2. The van der Waals surface area contributed by atoms with E-state index in [2.05, 4.69) is 5.32 Å². The molecule has 0 bridgehead atoms. The Morgan fingerprint density at radius 2 is 1.94 bits per heavy atom. The monoisotopic (exact) mass is 254 g/mol. The third-order valence-electron chi connectivity index (χ3n) is 3.14. The second-order valence-electron chi connectivity index (χ2n) is 4.29. The number of hydrogen-bond donors (Lipinski definition) is 2. The van der Waals surface area contributed by atoms with Crippen LogP contribution in [0.4, 0.5) is 13.2 Å². The van der Waals surface area contributed by atoms with Gasteiger partial charge in [0, 0.05) is 33.1 Å². The zero-order valence-corrected chi connectivity index (χ0v) is 9.68. The van der Waals surface area contributed by atoms with Gasteiger partial charge in [0.15, 0.2) is 5.60 Å². The molecule has 0 aromatic heterocycles. The lowest BCUT2D eigenvalue weighted by atomic mass is 9.91. The van der Waals surface area contributed by atoms with Crippen molar-refractivity contribution in [2.24, 2.45) is 0 Å². The first-order valence-electron chi connectivity index (χ1n) is 5.50. The number of carbonyl (C=O) groups excluding carboxylic acids is 1. The Hall–Kier alpha value is -0.820. The Morgan fingerprint density at radius 1 is 1.41 bits per heavy atom. The molecule has 1 aliphatic heterocycles. The molecule has 4 nitrogen and oxygen atoms in total. The summed E-state index contributed by atoms with van der Waals surface area (Å²) in [6, 6.07) is 0. The Bertz CT molecular complexity index is 273. The highest BCUT2D eigenvalue weighted by molar-refractivity contribution is 5.75. The molecule has 0 atom stereocenters. The van der Waals surface area contributed by atoms with Gasteiger partial charge < -0.3 is 15.3 Å². The van der Waals surface area contributed by atoms with Gasteiger partial charge in [-0.15, -0.1) is 0 Å². The standard InChI is InChI=1S/C10H17F3N2O2/c1-14-8(16)2-5-15-6-3-9(17,4-7-15)10(11,12)13/h17H,2-7H2,1H3,(H,14,16). The van der Waals surface area contributed by atoms with Crippen LogP contribution < -0.4 is 5.32 Å². The zero-order chi connectivity index (χ0) is 13.1. The van der Waals surface area contributed by atoms with Crippen LogP contribution in [0.1, 0.15) is 19.3 Å². The fourth-order valence-electron chi connectivity index (χ4n) is 1.81. The number of carbonyl (C=O) groups is 1. The summed E-state index contributed by atoms with van der Waals surface area (Å²) in [5, 5.41) is 11.9. The number of rotatable bonds is 3. The smallest absolute Gasteiger partial charge is 0.380 e. The van der Waals surface area contributed by atoms with E-state index in [0.29, 0.717) is 6.54 Å². The molecule has 1 amide bonds. The van der Waals surface area contributed by atoms with Crippen molar-refractivity contribution < 1.29 is 23.1 Å². The maximum Gasteiger partial charge on any atom is 0.417 e. The minimum atomic E-state index is -4.57. The molecule has 0 aromatic carbocycles. The molecule has 0 radical (unpaired) electrons. The van der Waals surface area contributed by atoms with E-state index in [4.69, 9.17) is 0 Å². The lowest BCUT2D eigenvalue weighted by molar-refractivity contribution is -0.272.